The fourth-order valence-corrected chi connectivity index (χ4v) is 2.51. The minimum atomic E-state index is -0.577. The molecule has 0 atom stereocenters. The van der Waals surface area contributed by atoms with Crippen LogP contribution in [0.4, 0.5) is 4.39 Å². The number of methoxy groups -OCH3 is 1. The quantitative estimate of drug-likeness (QED) is 0.474. The molecule has 1 aromatic heterocycles. The van der Waals surface area contributed by atoms with Crippen molar-refractivity contribution < 1.29 is 23.5 Å². The Labute approximate surface area is 155 Å². The minimum absolute atomic E-state index is 0.0274. The number of ketones is 1. The van der Waals surface area contributed by atoms with E-state index in [1.54, 1.807) is 17.1 Å². The Morgan fingerprint density at radius 3 is 2.67 bits per heavy atom. The topological polar surface area (TPSA) is 70.4 Å². The molecule has 138 valence electrons. The molecule has 0 aliphatic carbocycles. The first-order chi connectivity index (χ1) is 13.1. The van der Waals surface area contributed by atoms with E-state index in [0.717, 1.165) is 11.8 Å². The zero-order valence-corrected chi connectivity index (χ0v) is 14.6. The van der Waals surface area contributed by atoms with Gasteiger partial charge in [0.15, 0.2) is 6.61 Å². The van der Waals surface area contributed by atoms with E-state index in [1.807, 2.05) is 30.3 Å². The Morgan fingerprint density at radius 1 is 1.15 bits per heavy atom. The highest BCUT2D eigenvalue weighted by Crippen LogP contribution is 2.20. The lowest BCUT2D eigenvalue weighted by Gasteiger charge is -2.08. The standard InChI is InChI=1S/C20H17FN2O4/c1-26-19-8-7-15(21)10-17(19)18(24)13-27-20(25)9-14-11-22-23(12-14)16-5-3-2-4-6-16/h2-8,10-12H,9,13H2,1H3. The molecule has 0 saturated heterocycles. The highest BCUT2D eigenvalue weighted by molar-refractivity contribution is 6.00. The van der Waals surface area contributed by atoms with Gasteiger partial charge in [-0.2, -0.15) is 5.10 Å². The van der Waals surface area contributed by atoms with E-state index < -0.39 is 24.2 Å². The summed E-state index contributed by atoms with van der Waals surface area (Å²) in [6.07, 6.45) is 3.25. The van der Waals surface area contributed by atoms with Crippen molar-refractivity contribution in [3.63, 3.8) is 0 Å². The molecule has 0 unspecified atom stereocenters. The van der Waals surface area contributed by atoms with Gasteiger partial charge in [0.1, 0.15) is 11.6 Å². The zero-order chi connectivity index (χ0) is 19.2. The Kier molecular flexibility index (Phi) is 5.61. The summed E-state index contributed by atoms with van der Waals surface area (Å²) in [5, 5.41) is 4.20. The molecular formula is C20H17FN2O4. The Morgan fingerprint density at radius 2 is 1.93 bits per heavy atom. The maximum atomic E-state index is 13.3. The summed E-state index contributed by atoms with van der Waals surface area (Å²) in [4.78, 5) is 24.2. The van der Waals surface area contributed by atoms with Crippen molar-refractivity contribution in [1.82, 2.24) is 9.78 Å². The minimum Gasteiger partial charge on any atom is -0.496 e. The van der Waals surface area contributed by atoms with E-state index in [1.165, 1.54) is 19.2 Å². The van der Waals surface area contributed by atoms with Gasteiger partial charge in [0.2, 0.25) is 5.78 Å². The van der Waals surface area contributed by atoms with Gasteiger partial charge in [-0.05, 0) is 30.3 Å². The molecule has 3 aromatic rings. The molecule has 7 heteroatoms. The molecule has 0 N–H and O–H groups in total. The number of esters is 1. The fraction of sp³-hybridized carbons (Fsp3) is 0.150. The third kappa shape index (κ3) is 4.58. The molecule has 0 fully saturated rings. The van der Waals surface area contributed by atoms with Crippen LogP contribution in [0.1, 0.15) is 15.9 Å². The van der Waals surface area contributed by atoms with E-state index in [9.17, 15) is 14.0 Å². The molecule has 0 amide bonds. The van der Waals surface area contributed by atoms with E-state index in [-0.39, 0.29) is 17.7 Å². The number of para-hydroxylation sites is 1. The van der Waals surface area contributed by atoms with Crippen LogP contribution < -0.4 is 4.74 Å². The molecular weight excluding hydrogens is 351 g/mol. The summed E-state index contributed by atoms with van der Waals surface area (Å²) in [5.74, 6) is -1.47. The lowest BCUT2D eigenvalue weighted by Crippen LogP contribution is -2.16. The van der Waals surface area contributed by atoms with Crippen LogP contribution in [0.15, 0.2) is 60.9 Å². The number of carbonyl (C=O) groups is 2. The molecule has 0 spiro atoms. The Balaban J connectivity index is 1.58. The first-order valence-electron chi connectivity index (χ1n) is 8.18. The lowest BCUT2D eigenvalue weighted by atomic mass is 10.1. The predicted molar refractivity (Wildman–Crippen MR) is 95.5 cm³/mol. The third-order valence-electron chi connectivity index (χ3n) is 3.83. The van der Waals surface area contributed by atoms with Gasteiger partial charge in [0, 0.05) is 11.8 Å². The summed E-state index contributed by atoms with van der Waals surface area (Å²) in [7, 11) is 1.38. The first-order valence-corrected chi connectivity index (χ1v) is 8.18. The van der Waals surface area contributed by atoms with Crippen LogP contribution in [0, 0.1) is 5.82 Å². The summed E-state index contributed by atoms with van der Waals surface area (Å²) in [6, 6.07) is 13.0. The average molecular weight is 368 g/mol. The van der Waals surface area contributed by atoms with Crippen LogP contribution in [0.3, 0.4) is 0 Å². The van der Waals surface area contributed by atoms with Crippen LogP contribution in [0.5, 0.6) is 5.75 Å². The SMILES string of the molecule is COc1ccc(F)cc1C(=O)COC(=O)Cc1cnn(-c2ccccc2)c1. The molecule has 1 heterocycles. The molecule has 27 heavy (non-hydrogen) atoms. The number of carbonyl (C=O) groups excluding carboxylic acids is 2. The first kappa shape index (κ1) is 18.3. The molecule has 0 bridgehead atoms. The van der Waals surface area contributed by atoms with Gasteiger partial charge in [-0.3, -0.25) is 9.59 Å². The van der Waals surface area contributed by atoms with Gasteiger partial charge in [-0.1, -0.05) is 18.2 Å². The Bertz CT molecular complexity index is 954. The predicted octanol–water partition coefficient (Wildman–Crippen LogP) is 2.99. The smallest absolute Gasteiger partial charge is 0.310 e. The molecule has 0 radical (unpaired) electrons. The molecule has 6 nitrogen and oxygen atoms in total. The van der Waals surface area contributed by atoms with E-state index >= 15 is 0 Å². The van der Waals surface area contributed by atoms with Gasteiger partial charge in [0.05, 0.1) is 31.0 Å². The maximum absolute atomic E-state index is 13.3. The zero-order valence-electron chi connectivity index (χ0n) is 14.6. The maximum Gasteiger partial charge on any atom is 0.310 e. The van der Waals surface area contributed by atoms with Crippen LogP contribution in [0.2, 0.25) is 0 Å². The number of nitrogens with zero attached hydrogens (tertiary/aromatic N) is 2. The molecule has 2 aromatic carbocycles. The van der Waals surface area contributed by atoms with Crippen molar-refractivity contribution in [3.05, 3.63) is 77.9 Å². The second-order valence-corrected chi connectivity index (χ2v) is 5.73. The van der Waals surface area contributed by atoms with Gasteiger partial charge in [0.25, 0.3) is 0 Å². The lowest BCUT2D eigenvalue weighted by molar-refractivity contribution is -0.141. The molecule has 3 rings (SSSR count). The number of hydrogen-bond acceptors (Lipinski definition) is 5. The third-order valence-corrected chi connectivity index (χ3v) is 3.83. The second kappa shape index (κ2) is 8.27. The van der Waals surface area contributed by atoms with Gasteiger partial charge < -0.3 is 9.47 Å². The van der Waals surface area contributed by atoms with Crippen molar-refractivity contribution >= 4 is 11.8 Å². The number of halogens is 1. The molecule has 0 aliphatic heterocycles. The summed E-state index contributed by atoms with van der Waals surface area (Å²) in [5.41, 5.74) is 1.55. The van der Waals surface area contributed by atoms with Gasteiger partial charge >= 0.3 is 5.97 Å². The van der Waals surface area contributed by atoms with Gasteiger partial charge in [-0.15, -0.1) is 0 Å². The number of Topliss-reactive ketones (excluding diaryl/α,β-unsaturated/α-hetero) is 1. The molecule has 0 saturated carbocycles. The van der Waals surface area contributed by atoms with E-state index in [4.69, 9.17) is 9.47 Å². The van der Waals surface area contributed by atoms with Crippen molar-refractivity contribution in [2.75, 3.05) is 13.7 Å². The number of hydrogen-bond donors (Lipinski definition) is 0. The number of rotatable bonds is 7. The molecule has 0 aliphatic rings. The van der Waals surface area contributed by atoms with Crippen molar-refractivity contribution in [2.24, 2.45) is 0 Å². The summed E-state index contributed by atoms with van der Waals surface area (Å²) < 4.78 is 25.0. The number of ether oxygens (including phenoxy) is 2. The summed E-state index contributed by atoms with van der Waals surface area (Å²) >= 11 is 0. The number of benzene rings is 2. The van der Waals surface area contributed by atoms with Crippen LogP contribution in [-0.4, -0.2) is 35.2 Å². The highest BCUT2D eigenvalue weighted by Gasteiger charge is 2.16. The second-order valence-electron chi connectivity index (χ2n) is 5.73. The van der Waals surface area contributed by atoms with E-state index in [0.29, 0.717) is 5.56 Å². The summed E-state index contributed by atoms with van der Waals surface area (Å²) in [6.45, 7) is -0.495. The van der Waals surface area contributed by atoms with Crippen molar-refractivity contribution in [3.8, 4) is 11.4 Å². The average Bonchev–Trinajstić information content (AvgIpc) is 3.15. The highest BCUT2D eigenvalue weighted by atomic mass is 19.1. The largest absolute Gasteiger partial charge is 0.496 e. The number of aromatic nitrogens is 2. The van der Waals surface area contributed by atoms with Crippen LogP contribution >= 0.6 is 0 Å². The van der Waals surface area contributed by atoms with E-state index in [2.05, 4.69) is 5.10 Å². The Hall–Kier alpha value is -3.48. The van der Waals surface area contributed by atoms with Crippen molar-refractivity contribution in [1.29, 1.82) is 0 Å². The fourth-order valence-electron chi connectivity index (χ4n) is 2.51. The van der Waals surface area contributed by atoms with Crippen LogP contribution in [0.25, 0.3) is 5.69 Å². The monoisotopic (exact) mass is 368 g/mol. The van der Waals surface area contributed by atoms with Gasteiger partial charge in [-0.25, -0.2) is 9.07 Å². The van der Waals surface area contributed by atoms with Crippen molar-refractivity contribution in [2.45, 2.75) is 6.42 Å². The normalized spacial score (nSPS) is 10.4. The van der Waals surface area contributed by atoms with Crippen LogP contribution in [-0.2, 0) is 16.0 Å².